The molecule has 1 fully saturated rings. The van der Waals surface area contributed by atoms with E-state index in [0.717, 1.165) is 0 Å². The number of amidine groups is 1. The van der Waals surface area contributed by atoms with Gasteiger partial charge in [0, 0.05) is 24.0 Å². The predicted octanol–water partition coefficient (Wildman–Crippen LogP) is 1.49. The highest BCUT2D eigenvalue weighted by Crippen LogP contribution is 2.24. The van der Waals surface area contributed by atoms with Crippen LogP contribution in [0.3, 0.4) is 0 Å². The van der Waals surface area contributed by atoms with Gasteiger partial charge < -0.3 is 10.9 Å². The van der Waals surface area contributed by atoms with Gasteiger partial charge in [0.1, 0.15) is 5.84 Å². The summed E-state index contributed by atoms with van der Waals surface area (Å²) in [5.74, 6) is -0.183. The molecule has 1 unspecified atom stereocenters. The second-order valence-corrected chi connectivity index (χ2v) is 7.06. The lowest BCUT2D eigenvalue weighted by Gasteiger charge is -2.31. The lowest BCUT2D eigenvalue weighted by molar-refractivity contribution is 0.287. The first kappa shape index (κ1) is 15.1. The van der Waals surface area contributed by atoms with Crippen LogP contribution in [0.5, 0.6) is 0 Å². The molecule has 1 aromatic carbocycles. The van der Waals surface area contributed by atoms with Crippen LogP contribution in [0.25, 0.3) is 0 Å². The molecule has 0 aromatic heterocycles. The summed E-state index contributed by atoms with van der Waals surface area (Å²) >= 11 is 5.76. The van der Waals surface area contributed by atoms with Crippen LogP contribution in [-0.4, -0.2) is 36.9 Å². The number of rotatable bonds is 3. The summed E-state index contributed by atoms with van der Waals surface area (Å²) in [5, 5.41) is 12.2. The van der Waals surface area contributed by atoms with E-state index in [9.17, 15) is 8.42 Å². The highest BCUT2D eigenvalue weighted by Gasteiger charge is 2.31. The molecular weight excluding hydrogens is 302 g/mol. The molecule has 1 heterocycles. The van der Waals surface area contributed by atoms with E-state index in [2.05, 4.69) is 5.16 Å². The number of nitrogens with zero attached hydrogens (tertiary/aromatic N) is 2. The van der Waals surface area contributed by atoms with Crippen LogP contribution in [0.15, 0.2) is 34.3 Å². The Hall–Kier alpha value is -1.31. The van der Waals surface area contributed by atoms with Crippen LogP contribution >= 0.6 is 11.6 Å². The SMILES string of the molecule is NC(=NO)C1CCCN(S(=O)(=O)c2ccc(Cl)cc2)C1. The third-order valence-corrected chi connectivity index (χ3v) is 5.50. The number of piperidine rings is 1. The summed E-state index contributed by atoms with van der Waals surface area (Å²) in [6.45, 7) is 0.654. The highest BCUT2D eigenvalue weighted by atomic mass is 35.5. The van der Waals surface area contributed by atoms with Crippen LogP contribution < -0.4 is 5.73 Å². The van der Waals surface area contributed by atoms with Crippen LogP contribution in [-0.2, 0) is 10.0 Å². The number of halogens is 1. The number of hydrogen-bond acceptors (Lipinski definition) is 4. The molecule has 6 nitrogen and oxygen atoms in total. The number of hydrogen-bond donors (Lipinski definition) is 2. The van der Waals surface area contributed by atoms with E-state index < -0.39 is 10.0 Å². The van der Waals surface area contributed by atoms with Crippen molar-refractivity contribution in [3.05, 3.63) is 29.3 Å². The van der Waals surface area contributed by atoms with Gasteiger partial charge in [0.05, 0.1) is 4.90 Å². The zero-order valence-electron chi connectivity index (χ0n) is 10.7. The molecular formula is C12H16ClN3O3S. The molecule has 1 saturated heterocycles. The van der Waals surface area contributed by atoms with Crippen LogP contribution in [0.1, 0.15) is 12.8 Å². The summed E-state index contributed by atoms with van der Waals surface area (Å²) in [7, 11) is -3.57. The number of nitrogens with two attached hydrogens (primary N) is 1. The van der Waals surface area contributed by atoms with Crippen LogP contribution in [0, 0.1) is 5.92 Å². The van der Waals surface area contributed by atoms with E-state index >= 15 is 0 Å². The Morgan fingerprint density at radius 3 is 2.65 bits per heavy atom. The minimum atomic E-state index is -3.57. The van der Waals surface area contributed by atoms with Crippen LogP contribution in [0.4, 0.5) is 0 Å². The van der Waals surface area contributed by atoms with Gasteiger partial charge in [0.25, 0.3) is 0 Å². The Bertz CT molecular complexity index is 601. The van der Waals surface area contributed by atoms with E-state index in [4.69, 9.17) is 22.5 Å². The predicted molar refractivity (Wildman–Crippen MR) is 76.3 cm³/mol. The van der Waals surface area contributed by atoms with Crippen molar-refractivity contribution in [1.82, 2.24) is 4.31 Å². The Kier molecular flexibility index (Phi) is 4.52. The van der Waals surface area contributed by atoms with Gasteiger partial charge >= 0.3 is 0 Å². The average Bonchev–Trinajstić information content (AvgIpc) is 2.47. The summed E-state index contributed by atoms with van der Waals surface area (Å²) in [5.41, 5.74) is 5.57. The second-order valence-electron chi connectivity index (χ2n) is 4.68. The molecule has 0 amide bonds. The van der Waals surface area contributed by atoms with Gasteiger partial charge in [0.15, 0.2) is 0 Å². The standard InChI is InChI=1S/C12H16ClN3O3S/c13-10-3-5-11(6-4-10)20(18,19)16-7-1-2-9(8-16)12(14)15-17/h3-6,9,17H,1-2,7-8H2,(H2,14,15). The van der Waals surface area contributed by atoms with Crippen molar-refractivity contribution in [2.24, 2.45) is 16.8 Å². The Morgan fingerprint density at radius 1 is 1.40 bits per heavy atom. The third kappa shape index (κ3) is 3.05. The van der Waals surface area contributed by atoms with E-state index in [0.29, 0.717) is 24.4 Å². The van der Waals surface area contributed by atoms with Crippen molar-refractivity contribution < 1.29 is 13.6 Å². The van der Waals surface area contributed by atoms with Crippen molar-refractivity contribution in [2.75, 3.05) is 13.1 Å². The van der Waals surface area contributed by atoms with Crippen molar-refractivity contribution in [2.45, 2.75) is 17.7 Å². The van der Waals surface area contributed by atoms with E-state index in [1.165, 1.54) is 16.4 Å². The number of sulfonamides is 1. The lowest BCUT2D eigenvalue weighted by Crippen LogP contribution is -2.44. The van der Waals surface area contributed by atoms with Gasteiger partial charge in [0.2, 0.25) is 10.0 Å². The molecule has 0 aliphatic carbocycles. The fourth-order valence-electron chi connectivity index (χ4n) is 2.24. The monoisotopic (exact) mass is 317 g/mol. The molecule has 1 aliphatic rings. The first-order chi connectivity index (χ1) is 9.45. The van der Waals surface area contributed by atoms with Crippen LogP contribution in [0.2, 0.25) is 5.02 Å². The topological polar surface area (TPSA) is 96.0 Å². The molecule has 0 radical (unpaired) electrons. The highest BCUT2D eigenvalue weighted by molar-refractivity contribution is 7.89. The van der Waals surface area contributed by atoms with Gasteiger partial charge in [-0.05, 0) is 37.1 Å². The maximum atomic E-state index is 12.5. The van der Waals surface area contributed by atoms with Gasteiger partial charge in [-0.15, -0.1) is 0 Å². The normalized spacial score (nSPS) is 21.9. The molecule has 20 heavy (non-hydrogen) atoms. The molecule has 8 heteroatoms. The minimum Gasteiger partial charge on any atom is -0.409 e. The average molecular weight is 318 g/mol. The molecule has 1 aliphatic heterocycles. The maximum absolute atomic E-state index is 12.5. The fourth-order valence-corrected chi connectivity index (χ4v) is 3.89. The first-order valence-corrected chi connectivity index (χ1v) is 8.00. The molecule has 0 spiro atoms. The molecule has 110 valence electrons. The molecule has 1 atom stereocenters. The third-order valence-electron chi connectivity index (χ3n) is 3.37. The molecule has 1 aromatic rings. The number of oxime groups is 1. The zero-order chi connectivity index (χ0) is 14.8. The Balaban J connectivity index is 2.23. The van der Waals surface area contributed by atoms with Gasteiger partial charge in [-0.2, -0.15) is 4.31 Å². The summed E-state index contributed by atoms with van der Waals surface area (Å²) in [6.07, 6.45) is 1.39. The van der Waals surface area contributed by atoms with E-state index in [1.54, 1.807) is 12.1 Å². The van der Waals surface area contributed by atoms with Gasteiger partial charge in [-0.3, -0.25) is 0 Å². The maximum Gasteiger partial charge on any atom is 0.243 e. The van der Waals surface area contributed by atoms with Crippen molar-refractivity contribution >= 4 is 27.5 Å². The lowest BCUT2D eigenvalue weighted by atomic mass is 9.99. The molecule has 0 saturated carbocycles. The summed E-state index contributed by atoms with van der Waals surface area (Å²) in [6, 6.07) is 6.04. The summed E-state index contributed by atoms with van der Waals surface area (Å²) in [4.78, 5) is 0.196. The smallest absolute Gasteiger partial charge is 0.243 e. The van der Waals surface area contributed by atoms with E-state index in [-0.39, 0.29) is 23.2 Å². The summed E-state index contributed by atoms with van der Waals surface area (Å²) < 4.78 is 26.4. The molecule has 3 N–H and O–H groups in total. The van der Waals surface area contributed by atoms with Gasteiger partial charge in [-0.1, -0.05) is 16.8 Å². The molecule has 0 bridgehead atoms. The quantitative estimate of drug-likeness (QED) is 0.382. The second kappa shape index (κ2) is 5.99. The Morgan fingerprint density at radius 2 is 2.05 bits per heavy atom. The van der Waals surface area contributed by atoms with Crippen molar-refractivity contribution in [3.63, 3.8) is 0 Å². The minimum absolute atomic E-state index is 0.0704. The van der Waals surface area contributed by atoms with Gasteiger partial charge in [-0.25, -0.2) is 8.42 Å². The van der Waals surface area contributed by atoms with Crippen molar-refractivity contribution in [3.8, 4) is 0 Å². The fraction of sp³-hybridized carbons (Fsp3) is 0.417. The van der Waals surface area contributed by atoms with E-state index in [1.807, 2.05) is 0 Å². The first-order valence-electron chi connectivity index (χ1n) is 6.18. The largest absolute Gasteiger partial charge is 0.409 e. The zero-order valence-corrected chi connectivity index (χ0v) is 12.3. The number of benzene rings is 1. The molecule has 2 rings (SSSR count). The Labute approximate surface area is 122 Å². The van der Waals surface area contributed by atoms with Crippen molar-refractivity contribution in [1.29, 1.82) is 0 Å².